The Bertz CT molecular complexity index is 632. The Hall–Kier alpha value is -1.27. The van der Waals surface area contributed by atoms with E-state index in [2.05, 4.69) is 37.8 Å². The lowest BCUT2D eigenvalue weighted by atomic mass is 10.1. The van der Waals surface area contributed by atoms with Gasteiger partial charge < -0.3 is 10.7 Å². The number of aromatic nitrogens is 4. The molecule has 2 heterocycles. The minimum absolute atomic E-state index is 0.131. The highest BCUT2D eigenvalue weighted by atomic mass is 79.9. The number of hydrogen-bond acceptors (Lipinski definition) is 4. The monoisotopic (exact) mass is 335 g/mol. The van der Waals surface area contributed by atoms with Crippen LogP contribution in [0.25, 0.3) is 11.4 Å². The van der Waals surface area contributed by atoms with E-state index in [0.29, 0.717) is 5.82 Å². The predicted octanol–water partition coefficient (Wildman–Crippen LogP) is 3.09. The fourth-order valence-electron chi connectivity index (χ4n) is 2.10. The maximum absolute atomic E-state index is 6.00. The van der Waals surface area contributed by atoms with Gasteiger partial charge in [-0.3, -0.25) is 0 Å². The topological polar surface area (TPSA) is 80.5 Å². The first-order valence-corrected chi connectivity index (χ1v) is 7.67. The SMILES string of the molecule is CC[C@H](N)c1nccc(-c2nc(C3(C)CC3)[nH]c2Br)n1. The molecule has 0 saturated heterocycles. The Morgan fingerprint density at radius 1 is 1.45 bits per heavy atom. The van der Waals surface area contributed by atoms with E-state index in [1.165, 1.54) is 12.8 Å². The number of aromatic amines is 1. The molecule has 0 aromatic carbocycles. The molecule has 0 unspecified atom stereocenters. The van der Waals surface area contributed by atoms with E-state index in [4.69, 9.17) is 10.7 Å². The summed E-state index contributed by atoms with van der Waals surface area (Å²) in [4.78, 5) is 16.8. The van der Waals surface area contributed by atoms with Crippen LogP contribution in [-0.4, -0.2) is 19.9 Å². The Labute approximate surface area is 126 Å². The van der Waals surface area contributed by atoms with Crippen molar-refractivity contribution < 1.29 is 0 Å². The second kappa shape index (κ2) is 4.93. The molecule has 20 heavy (non-hydrogen) atoms. The summed E-state index contributed by atoms with van der Waals surface area (Å²) in [5.74, 6) is 1.69. The molecule has 6 heteroatoms. The van der Waals surface area contributed by atoms with Crippen LogP contribution in [0, 0.1) is 0 Å². The van der Waals surface area contributed by atoms with Crippen LogP contribution in [0.5, 0.6) is 0 Å². The van der Waals surface area contributed by atoms with E-state index in [-0.39, 0.29) is 11.5 Å². The summed E-state index contributed by atoms with van der Waals surface area (Å²) in [7, 11) is 0. The minimum Gasteiger partial charge on any atom is -0.336 e. The molecule has 1 atom stereocenters. The molecule has 0 spiro atoms. The predicted molar refractivity (Wildman–Crippen MR) is 81.1 cm³/mol. The zero-order valence-electron chi connectivity index (χ0n) is 11.7. The van der Waals surface area contributed by atoms with Crippen molar-refractivity contribution in [2.75, 3.05) is 0 Å². The Kier molecular flexibility index (Phi) is 3.38. The first-order valence-electron chi connectivity index (χ1n) is 6.88. The quantitative estimate of drug-likeness (QED) is 0.899. The van der Waals surface area contributed by atoms with E-state index >= 15 is 0 Å². The average Bonchev–Trinajstić information content (AvgIpc) is 3.08. The summed E-state index contributed by atoms with van der Waals surface area (Å²) in [6, 6.07) is 1.74. The molecule has 106 valence electrons. The van der Waals surface area contributed by atoms with Gasteiger partial charge >= 0.3 is 0 Å². The first-order chi connectivity index (χ1) is 9.53. The summed E-state index contributed by atoms with van der Waals surface area (Å²) < 4.78 is 0.871. The van der Waals surface area contributed by atoms with Gasteiger partial charge in [-0.1, -0.05) is 13.8 Å². The molecule has 5 nitrogen and oxygen atoms in total. The molecule has 1 aliphatic carbocycles. The Morgan fingerprint density at radius 2 is 2.20 bits per heavy atom. The number of nitrogens with two attached hydrogens (primary N) is 1. The second-order valence-corrected chi connectivity index (χ2v) is 6.42. The van der Waals surface area contributed by atoms with Crippen LogP contribution in [0.1, 0.15) is 50.8 Å². The molecule has 3 N–H and O–H groups in total. The molecular weight excluding hydrogens is 318 g/mol. The molecule has 0 bridgehead atoms. The fraction of sp³-hybridized carbons (Fsp3) is 0.500. The van der Waals surface area contributed by atoms with Gasteiger partial charge in [0, 0.05) is 11.6 Å². The first kappa shape index (κ1) is 13.7. The third kappa shape index (κ3) is 2.38. The summed E-state index contributed by atoms with van der Waals surface area (Å²) >= 11 is 3.54. The van der Waals surface area contributed by atoms with Gasteiger partial charge in [0.25, 0.3) is 0 Å². The lowest BCUT2D eigenvalue weighted by Gasteiger charge is -2.07. The van der Waals surface area contributed by atoms with E-state index in [1.54, 1.807) is 6.20 Å². The smallest absolute Gasteiger partial charge is 0.145 e. The Morgan fingerprint density at radius 3 is 2.85 bits per heavy atom. The molecule has 1 saturated carbocycles. The van der Waals surface area contributed by atoms with Gasteiger partial charge in [0.15, 0.2) is 0 Å². The summed E-state index contributed by atoms with van der Waals surface area (Å²) in [5.41, 5.74) is 7.84. The lowest BCUT2D eigenvalue weighted by Crippen LogP contribution is -2.13. The summed E-state index contributed by atoms with van der Waals surface area (Å²) in [6.07, 6.45) is 4.92. The van der Waals surface area contributed by atoms with Crippen molar-refractivity contribution in [3.8, 4) is 11.4 Å². The van der Waals surface area contributed by atoms with E-state index in [9.17, 15) is 0 Å². The molecule has 3 rings (SSSR count). The second-order valence-electron chi connectivity index (χ2n) is 5.62. The van der Waals surface area contributed by atoms with Crippen LogP contribution in [0.3, 0.4) is 0 Å². The number of hydrogen-bond donors (Lipinski definition) is 2. The Balaban J connectivity index is 1.98. The van der Waals surface area contributed by atoms with Crippen LogP contribution in [-0.2, 0) is 5.41 Å². The molecule has 2 aromatic heterocycles. The van der Waals surface area contributed by atoms with Crippen LogP contribution in [0.4, 0.5) is 0 Å². The van der Waals surface area contributed by atoms with Gasteiger partial charge in [-0.25, -0.2) is 15.0 Å². The number of nitrogens with zero attached hydrogens (tertiary/aromatic N) is 3. The number of imidazole rings is 1. The molecule has 2 aromatic rings. The highest BCUT2D eigenvalue weighted by Gasteiger charge is 2.42. The van der Waals surface area contributed by atoms with Crippen molar-refractivity contribution in [3.63, 3.8) is 0 Å². The standard InChI is InChI=1S/C14H18BrN5/c1-3-8(16)12-17-7-4-9(18-12)10-11(15)20-13(19-10)14(2)5-6-14/h4,7-8H,3,5-6,16H2,1-2H3,(H,19,20)/t8-/m0/s1. The molecule has 0 amide bonds. The number of rotatable bonds is 4. The lowest BCUT2D eigenvalue weighted by molar-refractivity contribution is 0.649. The van der Waals surface area contributed by atoms with Gasteiger partial charge in [-0.05, 0) is 41.3 Å². The van der Waals surface area contributed by atoms with Gasteiger partial charge in [0.1, 0.15) is 21.9 Å². The molecule has 1 fully saturated rings. The largest absolute Gasteiger partial charge is 0.336 e. The van der Waals surface area contributed by atoms with Crippen LogP contribution >= 0.6 is 15.9 Å². The third-order valence-electron chi connectivity index (χ3n) is 3.92. The van der Waals surface area contributed by atoms with Crippen LogP contribution in [0.15, 0.2) is 16.9 Å². The number of halogens is 1. The molecule has 0 aliphatic heterocycles. The molecular formula is C14H18BrN5. The number of H-pyrrole nitrogens is 1. The summed E-state index contributed by atoms with van der Waals surface area (Å²) in [6.45, 7) is 4.25. The molecule has 0 radical (unpaired) electrons. The van der Waals surface area contributed by atoms with Gasteiger partial charge in [-0.15, -0.1) is 0 Å². The zero-order valence-corrected chi connectivity index (χ0v) is 13.2. The van der Waals surface area contributed by atoms with Crippen LogP contribution in [0.2, 0.25) is 0 Å². The average molecular weight is 336 g/mol. The van der Waals surface area contributed by atoms with Crippen molar-refractivity contribution >= 4 is 15.9 Å². The van der Waals surface area contributed by atoms with Gasteiger partial charge in [-0.2, -0.15) is 0 Å². The minimum atomic E-state index is -0.131. The normalized spacial score (nSPS) is 18.0. The highest BCUT2D eigenvalue weighted by molar-refractivity contribution is 9.10. The maximum atomic E-state index is 6.00. The molecule has 1 aliphatic rings. The van der Waals surface area contributed by atoms with Crippen molar-refractivity contribution in [1.82, 2.24) is 19.9 Å². The summed E-state index contributed by atoms with van der Waals surface area (Å²) in [5, 5.41) is 0. The number of nitrogens with one attached hydrogen (secondary N) is 1. The highest BCUT2D eigenvalue weighted by Crippen LogP contribution is 2.47. The zero-order chi connectivity index (χ0) is 14.3. The van der Waals surface area contributed by atoms with Crippen molar-refractivity contribution in [1.29, 1.82) is 0 Å². The van der Waals surface area contributed by atoms with E-state index in [1.807, 2.05) is 13.0 Å². The van der Waals surface area contributed by atoms with Crippen molar-refractivity contribution in [3.05, 3.63) is 28.5 Å². The van der Waals surface area contributed by atoms with Gasteiger partial charge in [0.2, 0.25) is 0 Å². The van der Waals surface area contributed by atoms with E-state index in [0.717, 1.165) is 28.2 Å². The van der Waals surface area contributed by atoms with Crippen LogP contribution < -0.4 is 5.73 Å². The van der Waals surface area contributed by atoms with Gasteiger partial charge in [0.05, 0.1) is 11.7 Å². The third-order valence-corrected chi connectivity index (χ3v) is 4.49. The van der Waals surface area contributed by atoms with E-state index < -0.39 is 0 Å². The van der Waals surface area contributed by atoms with Crippen molar-refractivity contribution in [2.24, 2.45) is 5.73 Å². The van der Waals surface area contributed by atoms with Crippen molar-refractivity contribution in [2.45, 2.75) is 44.6 Å². The fourth-order valence-corrected chi connectivity index (χ4v) is 2.58. The maximum Gasteiger partial charge on any atom is 0.145 e.